The molecule has 1 aliphatic carbocycles. The van der Waals surface area contributed by atoms with E-state index in [2.05, 4.69) is 10.6 Å². The zero-order valence-corrected chi connectivity index (χ0v) is 15.2. The number of nitro benzene ring substituents is 1. The van der Waals surface area contributed by atoms with E-state index >= 15 is 0 Å². The maximum atomic E-state index is 12.3. The zero-order valence-electron chi connectivity index (χ0n) is 14.4. The number of nitrogens with zero attached hydrogens (tertiary/aromatic N) is 1. The van der Waals surface area contributed by atoms with Crippen molar-refractivity contribution >= 4 is 34.8 Å². The highest BCUT2D eigenvalue weighted by atomic mass is 35.5. The minimum Gasteiger partial charge on any atom is -0.349 e. The molecule has 0 spiro atoms. The summed E-state index contributed by atoms with van der Waals surface area (Å²) in [5, 5.41) is 16.4. The lowest BCUT2D eigenvalue weighted by molar-refractivity contribution is -0.384. The highest BCUT2D eigenvalue weighted by molar-refractivity contribution is 6.34. The fraction of sp³-hybridized carbons (Fsp3) is 0.263. The lowest BCUT2D eigenvalue weighted by Gasteiger charge is -2.12. The van der Waals surface area contributed by atoms with E-state index in [9.17, 15) is 19.7 Å². The van der Waals surface area contributed by atoms with Crippen LogP contribution >= 0.6 is 11.6 Å². The van der Waals surface area contributed by atoms with Gasteiger partial charge < -0.3 is 10.6 Å². The van der Waals surface area contributed by atoms with Gasteiger partial charge >= 0.3 is 0 Å². The van der Waals surface area contributed by atoms with Crippen molar-refractivity contribution < 1.29 is 14.5 Å². The van der Waals surface area contributed by atoms with Gasteiger partial charge in [0, 0.05) is 29.4 Å². The van der Waals surface area contributed by atoms with Crippen LogP contribution in [0.15, 0.2) is 42.5 Å². The van der Waals surface area contributed by atoms with Crippen molar-refractivity contribution in [3.05, 3.63) is 68.7 Å². The largest absolute Gasteiger partial charge is 0.349 e. The van der Waals surface area contributed by atoms with E-state index in [4.69, 9.17) is 11.6 Å². The third-order valence-electron chi connectivity index (χ3n) is 4.50. The molecule has 8 heteroatoms. The van der Waals surface area contributed by atoms with Crippen LogP contribution in [0.5, 0.6) is 0 Å². The maximum Gasteiger partial charge on any atom is 0.270 e. The van der Waals surface area contributed by atoms with E-state index in [-0.39, 0.29) is 28.2 Å². The maximum absolute atomic E-state index is 12.3. The number of benzene rings is 2. The zero-order chi connectivity index (χ0) is 19.4. The van der Waals surface area contributed by atoms with E-state index in [1.54, 1.807) is 24.3 Å². The van der Waals surface area contributed by atoms with Crippen molar-refractivity contribution in [3.63, 3.8) is 0 Å². The van der Waals surface area contributed by atoms with Gasteiger partial charge in [0.2, 0.25) is 0 Å². The number of rotatable bonds is 5. The summed E-state index contributed by atoms with van der Waals surface area (Å²) >= 11 is 5.96. The summed E-state index contributed by atoms with van der Waals surface area (Å²) in [6, 6.07) is 10.4. The molecule has 0 heterocycles. The van der Waals surface area contributed by atoms with Gasteiger partial charge in [-0.1, -0.05) is 24.4 Å². The third-order valence-corrected chi connectivity index (χ3v) is 4.82. The van der Waals surface area contributed by atoms with Gasteiger partial charge in [0.25, 0.3) is 17.5 Å². The van der Waals surface area contributed by atoms with Crippen molar-refractivity contribution in [3.8, 4) is 0 Å². The standard InChI is InChI=1S/C19H18ClN3O4/c20-17-11-15(23(26)27)9-10-16(17)19(25)22-14-7-5-12(6-8-14)18(24)21-13-3-1-2-4-13/h5-11,13H,1-4H2,(H,21,24)(H,22,25). The van der Waals surface area contributed by atoms with Crippen LogP contribution in [-0.4, -0.2) is 22.8 Å². The third kappa shape index (κ3) is 4.62. The molecule has 1 aliphatic rings. The predicted molar refractivity (Wildman–Crippen MR) is 102 cm³/mol. The van der Waals surface area contributed by atoms with Crippen LogP contribution in [0, 0.1) is 10.1 Å². The fourth-order valence-corrected chi connectivity index (χ4v) is 3.30. The first-order valence-corrected chi connectivity index (χ1v) is 8.98. The van der Waals surface area contributed by atoms with E-state index in [0.29, 0.717) is 11.3 Å². The molecule has 1 saturated carbocycles. The van der Waals surface area contributed by atoms with Gasteiger partial charge in [-0.3, -0.25) is 19.7 Å². The average Bonchev–Trinajstić information content (AvgIpc) is 3.15. The molecule has 1 fully saturated rings. The number of halogens is 1. The van der Waals surface area contributed by atoms with Crippen LogP contribution in [0.4, 0.5) is 11.4 Å². The second kappa shape index (κ2) is 8.18. The summed E-state index contributed by atoms with van der Waals surface area (Å²) in [6.07, 6.45) is 4.30. The van der Waals surface area contributed by atoms with Crippen LogP contribution in [0.25, 0.3) is 0 Å². The molecule has 3 rings (SSSR count). The first-order valence-electron chi connectivity index (χ1n) is 8.60. The molecular formula is C19H18ClN3O4. The van der Waals surface area contributed by atoms with Gasteiger partial charge in [-0.25, -0.2) is 0 Å². The number of non-ortho nitro benzene ring substituents is 1. The van der Waals surface area contributed by atoms with E-state index in [1.165, 1.54) is 12.1 Å². The molecule has 0 aromatic heterocycles. The number of nitro groups is 1. The van der Waals surface area contributed by atoms with Crippen LogP contribution in [0.1, 0.15) is 46.4 Å². The summed E-state index contributed by atoms with van der Waals surface area (Å²) in [5.74, 6) is -0.615. The van der Waals surface area contributed by atoms with Gasteiger partial charge in [0.05, 0.1) is 15.5 Å². The smallest absolute Gasteiger partial charge is 0.270 e. The van der Waals surface area contributed by atoms with E-state index < -0.39 is 10.8 Å². The predicted octanol–water partition coefficient (Wildman–Crippen LogP) is 4.17. The molecule has 7 nitrogen and oxygen atoms in total. The van der Waals surface area contributed by atoms with Crippen molar-refractivity contribution in [2.24, 2.45) is 0 Å². The Kier molecular flexibility index (Phi) is 5.71. The second-order valence-electron chi connectivity index (χ2n) is 6.41. The number of hydrogen-bond acceptors (Lipinski definition) is 4. The van der Waals surface area contributed by atoms with Gasteiger partial charge in [-0.05, 0) is 43.2 Å². The molecule has 0 unspecified atom stereocenters. The Bertz CT molecular complexity index is 877. The molecule has 2 aromatic rings. The molecule has 2 aromatic carbocycles. The molecule has 0 atom stereocenters. The Labute approximate surface area is 160 Å². The van der Waals surface area contributed by atoms with Crippen LogP contribution in [0.3, 0.4) is 0 Å². The number of amides is 2. The number of anilines is 1. The lowest BCUT2D eigenvalue weighted by atomic mass is 10.1. The van der Waals surface area contributed by atoms with Crippen LogP contribution in [-0.2, 0) is 0 Å². The first kappa shape index (κ1) is 18.8. The van der Waals surface area contributed by atoms with E-state index in [0.717, 1.165) is 31.7 Å². The Morgan fingerprint density at radius 3 is 2.30 bits per heavy atom. The molecule has 0 saturated heterocycles. The van der Waals surface area contributed by atoms with Crippen molar-refractivity contribution in [2.75, 3.05) is 5.32 Å². The minimum atomic E-state index is -0.580. The molecule has 2 N–H and O–H groups in total. The molecule has 2 amide bonds. The highest BCUT2D eigenvalue weighted by Gasteiger charge is 2.18. The van der Waals surface area contributed by atoms with Crippen molar-refractivity contribution in [1.82, 2.24) is 5.32 Å². The summed E-state index contributed by atoms with van der Waals surface area (Å²) in [5.41, 5.74) is 0.958. The first-order chi connectivity index (χ1) is 12.9. The Balaban J connectivity index is 1.64. The molecule has 0 bridgehead atoms. The SMILES string of the molecule is O=C(NC1CCCC1)c1ccc(NC(=O)c2ccc([N+](=O)[O-])cc2Cl)cc1. The Morgan fingerprint density at radius 2 is 1.70 bits per heavy atom. The number of carbonyl (C=O) groups is 2. The average molecular weight is 388 g/mol. The van der Waals surface area contributed by atoms with Crippen LogP contribution < -0.4 is 10.6 Å². The van der Waals surface area contributed by atoms with Crippen LogP contribution in [0.2, 0.25) is 5.02 Å². The molecule has 140 valence electrons. The quantitative estimate of drug-likeness (QED) is 0.593. The monoisotopic (exact) mass is 387 g/mol. The van der Waals surface area contributed by atoms with Gasteiger partial charge in [-0.2, -0.15) is 0 Å². The number of nitrogens with one attached hydrogen (secondary N) is 2. The minimum absolute atomic E-state index is 0.00531. The van der Waals surface area contributed by atoms with Crippen molar-refractivity contribution in [1.29, 1.82) is 0 Å². The fourth-order valence-electron chi connectivity index (χ4n) is 3.04. The Hall–Kier alpha value is -2.93. The summed E-state index contributed by atoms with van der Waals surface area (Å²) in [6.45, 7) is 0. The second-order valence-corrected chi connectivity index (χ2v) is 6.81. The summed E-state index contributed by atoms with van der Waals surface area (Å²) < 4.78 is 0. The highest BCUT2D eigenvalue weighted by Crippen LogP contribution is 2.24. The van der Waals surface area contributed by atoms with Gasteiger partial charge in [0.15, 0.2) is 0 Å². The van der Waals surface area contributed by atoms with E-state index in [1.807, 2.05) is 0 Å². The van der Waals surface area contributed by atoms with Crippen molar-refractivity contribution in [2.45, 2.75) is 31.7 Å². The molecular weight excluding hydrogens is 370 g/mol. The summed E-state index contributed by atoms with van der Waals surface area (Å²) in [4.78, 5) is 34.7. The molecule has 0 radical (unpaired) electrons. The number of hydrogen-bond donors (Lipinski definition) is 2. The topological polar surface area (TPSA) is 101 Å². The molecule has 27 heavy (non-hydrogen) atoms. The summed E-state index contributed by atoms with van der Waals surface area (Å²) in [7, 11) is 0. The molecule has 0 aliphatic heterocycles. The van der Waals surface area contributed by atoms with Gasteiger partial charge in [-0.15, -0.1) is 0 Å². The lowest BCUT2D eigenvalue weighted by Crippen LogP contribution is -2.32. The van der Waals surface area contributed by atoms with Gasteiger partial charge in [0.1, 0.15) is 0 Å². The number of carbonyl (C=O) groups excluding carboxylic acids is 2. The Morgan fingerprint density at radius 1 is 1.04 bits per heavy atom. The normalized spacial score (nSPS) is 14.0.